The molecular formula is C19H19ClN4O. The largest absolute Gasteiger partial charge is 0.495 e. The van der Waals surface area contributed by atoms with Gasteiger partial charge in [0.15, 0.2) is 0 Å². The Morgan fingerprint density at radius 3 is 2.64 bits per heavy atom. The minimum absolute atomic E-state index is 0.479. The average molecular weight is 355 g/mol. The number of para-hydroxylation sites is 1. The number of nitrogens with zero attached hydrogens (tertiary/aromatic N) is 3. The maximum absolute atomic E-state index is 6.08. The van der Waals surface area contributed by atoms with Gasteiger partial charge in [-0.3, -0.25) is 0 Å². The first-order valence-electron chi connectivity index (χ1n) is 7.97. The smallest absolute Gasteiger partial charge is 0.229 e. The molecular weight excluding hydrogens is 336 g/mol. The van der Waals surface area contributed by atoms with Gasteiger partial charge in [0.2, 0.25) is 5.95 Å². The Morgan fingerprint density at radius 2 is 1.92 bits per heavy atom. The first kappa shape index (κ1) is 17.0. The van der Waals surface area contributed by atoms with Gasteiger partial charge in [0.25, 0.3) is 0 Å². The molecule has 0 saturated carbocycles. The van der Waals surface area contributed by atoms with Crippen LogP contribution in [-0.4, -0.2) is 23.6 Å². The molecule has 0 aliphatic carbocycles. The van der Waals surface area contributed by atoms with Crippen LogP contribution in [0.25, 0.3) is 0 Å². The van der Waals surface area contributed by atoms with Crippen LogP contribution >= 0.6 is 11.6 Å². The summed E-state index contributed by atoms with van der Waals surface area (Å²) in [7, 11) is 1.61. The van der Waals surface area contributed by atoms with Crippen molar-refractivity contribution in [2.45, 2.75) is 6.92 Å². The van der Waals surface area contributed by atoms with Gasteiger partial charge in [0, 0.05) is 23.5 Å². The van der Waals surface area contributed by atoms with Crippen molar-refractivity contribution < 1.29 is 4.74 Å². The van der Waals surface area contributed by atoms with Gasteiger partial charge in [-0.2, -0.15) is 4.98 Å². The Bertz CT molecular complexity index is 842. The van der Waals surface area contributed by atoms with Crippen LogP contribution in [0.4, 0.5) is 23.1 Å². The van der Waals surface area contributed by atoms with Gasteiger partial charge in [0.1, 0.15) is 11.6 Å². The first-order valence-corrected chi connectivity index (χ1v) is 8.35. The van der Waals surface area contributed by atoms with Gasteiger partial charge in [-0.15, -0.1) is 0 Å². The topological polar surface area (TPSA) is 50.3 Å². The highest BCUT2D eigenvalue weighted by atomic mass is 35.5. The number of aromatic nitrogens is 2. The monoisotopic (exact) mass is 354 g/mol. The average Bonchev–Trinajstić information content (AvgIpc) is 2.64. The summed E-state index contributed by atoms with van der Waals surface area (Å²) in [5.41, 5.74) is 1.80. The van der Waals surface area contributed by atoms with Crippen molar-refractivity contribution in [2.75, 3.05) is 23.9 Å². The number of nitrogens with one attached hydrogen (secondary N) is 1. The zero-order chi connectivity index (χ0) is 17.6. The van der Waals surface area contributed by atoms with E-state index < -0.39 is 0 Å². The molecule has 1 aromatic heterocycles. The van der Waals surface area contributed by atoms with Crippen LogP contribution in [0.2, 0.25) is 5.02 Å². The second-order valence-electron chi connectivity index (χ2n) is 5.29. The molecule has 0 aliphatic rings. The third-order valence-electron chi connectivity index (χ3n) is 3.71. The molecule has 2 aromatic carbocycles. The molecule has 0 radical (unpaired) electrons. The van der Waals surface area contributed by atoms with E-state index >= 15 is 0 Å². The normalized spacial score (nSPS) is 10.4. The number of methoxy groups -OCH3 is 1. The first-order chi connectivity index (χ1) is 12.2. The number of benzene rings is 2. The minimum Gasteiger partial charge on any atom is -0.495 e. The minimum atomic E-state index is 0.479. The van der Waals surface area contributed by atoms with E-state index in [1.165, 1.54) is 0 Å². The third kappa shape index (κ3) is 4.00. The fourth-order valence-electron chi connectivity index (χ4n) is 2.54. The molecule has 0 atom stereocenters. The summed E-state index contributed by atoms with van der Waals surface area (Å²) in [5, 5.41) is 3.79. The summed E-state index contributed by atoms with van der Waals surface area (Å²) in [5.74, 6) is 1.97. The van der Waals surface area contributed by atoms with Crippen LogP contribution in [0.15, 0.2) is 60.8 Å². The molecule has 1 heterocycles. The standard InChI is InChI=1S/C19H19ClN4O/c1-3-24(15-7-5-4-6-8-15)18-11-12-21-19(23-18)22-16-13-14(20)9-10-17(16)25-2/h4-13H,3H2,1-2H3,(H,21,22,23). The van der Waals surface area contributed by atoms with Crippen molar-refractivity contribution in [3.05, 3.63) is 65.8 Å². The van der Waals surface area contributed by atoms with Crippen LogP contribution in [0.1, 0.15) is 6.92 Å². The van der Waals surface area contributed by atoms with Gasteiger partial charge in [-0.25, -0.2) is 4.98 Å². The summed E-state index contributed by atoms with van der Waals surface area (Å²) in [6.45, 7) is 2.88. The molecule has 1 N–H and O–H groups in total. The third-order valence-corrected chi connectivity index (χ3v) is 3.94. The Hall–Kier alpha value is -2.79. The lowest BCUT2D eigenvalue weighted by atomic mass is 10.3. The number of hydrogen-bond acceptors (Lipinski definition) is 5. The van der Waals surface area contributed by atoms with Gasteiger partial charge < -0.3 is 15.0 Å². The number of ether oxygens (including phenoxy) is 1. The Kier molecular flexibility index (Phi) is 5.36. The van der Waals surface area contributed by atoms with Crippen molar-refractivity contribution in [2.24, 2.45) is 0 Å². The van der Waals surface area contributed by atoms with E-state index in [-0.39, 0.29) is 0 Å². The summed E-state index contributed by atoms with van der Waals surface area (Å²) in [6.07, 6.45) is 1.73. The predicted octanol–water partition coefficient (Wildman–Crippen LogP) is 5.04. The summed E-state index contributed by atoms with van der Waals surface area (Å²) < 4.78 is 5.35. The van der Waals surface area contributed by atoms with Crippen LogP contribution in [-0.2, 0) is 0 Å². The Morgan fingerprint density at radius 1 is 1.12 bits per heavy atom. The van der Waals surface area contributed by atoms with Gasteiger partial charge in [-0.05, 0) is 43.3 Å². The molecule has 5 nitrogen and oxygen atoms in total. The second kappa shape index (κ2) is 7.85. The van der Waals surface area contributed by atoms with Crippen molar-refractivity contribution in [3.63, 3.8) is 0 Å². The summed E-state index contributed by atoms with van der Waals surface area (Å²) in [6, 6.07) is 17.4. The molecule has 0 unspecified atom stereocenters. The van der Waals surface area contributed by atoms with E-state index in [9.17, 15) is 0 Å². The van der Waals surface area contributed by atoms with Gasteiger partial charge in [-0.1, -0.05) is 29.8 Å². The SMILES string of the molecule is CCN(c1ccccc1)c1ccnc(Nc2cc(Cl)ccc2OC)n1. The van der Waals surface area contributed by atoms with Gasteiger partial charge in [0.05, 0.1) is 12.8 Å². The van der Waals surface area contributed by atoms with Crippen molar-refractivity contribution in [1.82, 2.24) is 9.97 Å². The zero-order valence-electron chi connectivity index (χ0n) is 14.1. The highest BCUT2D eigenvalue weighted by Gasteiger charge is 2.11. The molecule has 128 valence electrons. The molecule has 3 aromatic rings. The zero-order valence-corrected chi connectivity index (χ0v) is 14.9. The molecule has 6 heteroatoms. The quantitative estimate of drug-likeness (QED) is 0.672. The second-order valence-corrected chi connectivity index (χ2v) is 5.72. The molecule has 0 amide bonds. The highest BCUT2D eigenvalue weighted by Crippen LogP contribution is 2.30. The van der Waals surface area contributed by atoms with Crippen molar-refractivity contribution in [1.29, 1.82) is 0 Å². The summed E-state index contributed by atoms with van der Waals surface area (Å²) in [4.78, 5) is 11.0. The van der Waals surface area contributed by atoms with E-state index in [0.29, 0.717) is 16.7 Å². The predicted molar refractivity (Wildman–Crippen MR) is 102 cm³/mol. The molecule has 3 rings (SSSR count). The van der Waals surface area contributed by atoms with Crippen molar-refractivity contribution in [3.8, 4) is 5.75 Å². The van der Waals surface area contributed by atoms with E-state index in [2.05, 4.69) is 39.2 Å². The summed E-state index contributed by atoms with van der Waals surface area (Å²) >= 11 is 6.08. The van der Waals surface area contributed by atoms with Crippen LogP contribution in [0.5, 0.6) is 5.75 Å². The molecule has 0 spiro atoms. The van der Waals surface area contributed by atoms with Crippen LogP contribution in [0, 0.1) is 0 Å². The van der Waals surface area contributed by atoms with Crippen LogP contribution < -0.4 is 15.0 Å². The maximum atomic E-state index is 6.08. The van der Waals surface area contributed by atoms with E-state index in [1.807, 2.05) is 24.3 Å². The van der Waals surface area contributed by atoms with Crippen LogP contribution in [0.3, 0.4) is 0 Å². The maximum Gasteiger partial charge on any atom is 0.229 e. The van der Waals surface area contributed by atoms with E-state index in [4.69, 9.17) is 16.3 Å². The molecule has 25 heavy (non-hydrogen) atoms. The molecule has 0 aliphatic heterocycles. The van der Waals surface area contributed by atoms with Gasteiger partial charge >= 0.3 is 0 Å². The Balaban J connectivity index is 1.90. The van der Waals surface area contributed by atoms with E-state index in [0.717, 1.165) is 23.7 Å². The highest BCUT2D eigenvalue weighted by molar-refractivity contribution is 6.31. The van der Waals surface area contributed by atoms with E-state index in [1.54, 1.807) is 31.5 Å². The van der Waals surface area contributed by atoms with Crippen molar-refractivity contribution >= 4 is 34.7 Å². The number of rotatable bonds is 6. The molecule has 0 saturated heterocycles. The molecule has 0 fully saturated rings. The number of anilines is 4. The lowest BCUT2D eigenvalue weighted by molar-refractivity contribution is 0.417. The number of hydrogen-bond donors (Lipinski definition) is 1. The fraction of sp³-hybridized carbons (Fsp3) is 0.158. The lowest BCUT2D eigenvalue weighted by Gasteiger charge is -2.22. The Labute approximate surface area is 152 Å². The lowest BCUT2D eigenvalue weighted by Crippen LogP contribution is -2.17. The molecule has 0 bridgehead atoms. The fourth-order valence-corrected chi connectivity index (χ4v) is 2.71. The number of halogens is 1.